The van der Waals surface area contributed by atoms with E-state index in [0.29, 0.717) is 5.25 Å². The van der Waals surface area contributed by atoms with E-state index in [9.17, 15) is 0 Å². The van der Waals surface area contributed by atoms with Gasteiger partial charge < -0.3 is 5.73 Å². The average molecular weight is 289 g/mol. The topological polar surface area (TPSA) is 26.0 Å². The van der Waals surface area contributed by atoms with Crippen LogP contribution in [0.15, 0.2) is 59.7 Å². The van der Waals surface area contributed by atoms with E-state index in [4.69, 9.17) is 5.73 Å². The molecule has 1 rings (SSSR count). The van der Waals surface area contributed by atoms with Crippen LogP contribution in [-0.2, 0) is 0 Å². The summed E-state index contributed by atoms with van der Waals surface area (Å²) in [5, 5.41) is 0.513. The first-order valence-electron chi connectivity index (χ1n) is 6.71. The van der Waals surface area contributed by atoms with Gasteiger partial charge in [-0.15, -0.1) is 11.8 Å². The molecule has 0 saturated carbocycles. The highest BCUT2D eigenvalue weighted by Gasteiger charge is 2.07. The first kappa shape index (κ1) is 18.6. The summed E-state index contributed by atoms with van der Waals surface area (Å²) in [6.45, 7) is 17.7. The van der Waals surface area contributed by atoms with Crippen molar-refractivity contribution in [3.63, 3.8) is 0 Å². The molecule has 1 aromatic rings. The number of hydrogen-bond acceptors (Lipinski definition) is 2. The normalized spacial score (nSPS) is 12.2. The molecule has 20 heavy (non-hydrogen) atoms. The lowest BCUT2D eigenvalue weighted by atomic mass is 10.1. The van der Waals surface area contributed by atoms with Crippen LogP contribution in [0.1, 0.15) is 44.1 Å². The zero-order chi connectivity index (χ0) is 15.7. The van der Waals surface area contributed by atoms with Crippen molar-refractivity contribution >= 4 is 11.8 Å². The van der Waals surface area contributed by atoms with E-state index in [2.05, 4.69) is 58.2 Å². The van der Waals surface area contributed by atoms with Gasteiger partial charge in [0.2, 0.25) is 0 Å². The van der Waals surface area contributed by atoms with Gasteiger partial charge in [-0.3, -0.25) is 0 Å². The molecule has 0 fully saturated rings. The fraction of sp³-hybridized carbons (Fsp3) is 0.333. The Morgan fingerprint density at radius 3 is 2.10 bits per heavy atom. The monoisotopic (exact) mass is 289 g/mol. The fourth-order valence-corrected chi connectivity index (χ4v) is 2.79. The van der Waals surface area contributed by atoms with Crippen LogP contribution < -0.4 is 5.73 Å². The number of hydrogen-bond donors (Lipinski definition) is 1. The van der Waals surface area contributed by atoms with Gasteiger partial charge in [-0.25, -0.2) is 0 Å². The first-order chi connectivity index (χ1) is 9.23. The number of rotatable bonds is 4. The highest BCUT2D eigenvalue weighted by molar-refractivity contribution is 8.03. The van der Waals surface area contributed by atoms with E-state index in [0.717, 1.165) is 11.3 Å². The number of benzene rings is 1. The summed E-state index contributed by atoms with van der Waals surface area (Å²) < 4.78 is 0. The van der Waals surface area contributed by atoms with Gasteiger partial charge in [0.25, 0.3) is 0 Å². The van der Waals surface area contributed by atoms with Crippen LogP contribution in [0.2, 0.25) is 0 Å². The predicted octanol–water partition coefficient (Wildman–Crippen LogP) is 5.75. The SMILES string of the molecule is C=C(C)/C=C(\C)N.C=C(C)SC(C)c1ccccc1C. The highest BCUT2D eigenvalue weighted by atomic mass is 32.2. The maximum absolute atomic E-state index is 5.29. The van der Waals surface area contributed by atoms with Gasteiger partial charge in [0.1, 0.15) is 0 Å². The van der Waals surface area contributed by atoms with E-state index >= 15 is 0 Å². The van der Waals surface area contributed by atoms with E-state index < -0.39 is 0 Å². The molecule has 1 aromatic carbocycles. The van der Waals surface area contributed by atoms with Crippen LogP contribution in [0.3, 0.4) is 0 Å². The Balaban J connectivity index is 0.000000441. The van der Waals surface area contributed by atoms with Crippen LogP contribution in [-0.4, -0.2) is 0 Å². The van der Waals surface area contributed by atoms with Crippen molar-refractivity contribution in [2.45, 2.75) is 39.9 Å². The summed E-state index contributed by atoms with van der Waals surface area (Å²) in [7, 11) is 0. The maximum atomic E-state index is 5.29. The third-order valence-corrected chi connectivity index (χ3v) is 3.49. The third-order valence-electron chi connectivity index (χ3n) is 2.48. The molecule has 0 saturated heterocycles. The molecule has 0 radical (unpaired) electrons. The summed E-state index contributed by atoms with van der Waals surface area (Å²) in [5.74, 6) is 0. The van der Waals surface area contributed by atoms with E-state index in [1.54, 1.807) is 0 Å². The van der Waals surface area contributed by atoms with Crippen LogP contribution in [0.4, 0.5) is 0 Å². The molecule has 0 aliphatic rings. The smallest absolute Gasteiger partial charge is 0.0315 e. The minimum atomic E-state index is 0.513. The highest BCUT2D eigenvalue weighted by Crippen LogP contribution is 2.34. The lowest BCUT2D eigenvalue weighted by Crippen LogP contribution is -1.91. The number of allylic oxidation sites excluding steroid dienone is 4. The van der Waals surface area contributed by atoms with Crippen LogP contribution in [0.5, 0.6) is 0 Å². The van der Waals surface area contributed by atoms with Crippen molar-refractivity contribution in [2.24, 2.45) is 5.73 Å². The molecule has 110 valence electrons. The lowest BCUT2D eigenvalue weighted by Gasteiger charge is -2.13. The van der Waals surface area contributed by atoms with Crippen molar-refractivity contribution < 1.29 is 0 Å². The Kier molecular flexibility index (Phi) is 8.82. The molecular weight excluding hydrogens is 262 g/mol. The Morgan fingerprint density at radius 1 is 1.20 bits per heavy atom. The standard InChI is InChI=1S/C12H16S.C6H11N/c1-9(2)13-11(4)12-8-6-5-7-10(12)3;1-5(2)4-6(3)7/h5-8,11H,1H2,2-4H3;4H,1,7H2,2-3H3/b;6-4+. The summed E-state index contributed by atoms with van der Waals surface area (Å²) in [4.78, 5) is 1.18. The fourth-order valence-electron chi connectivity index (χ4n) is 1.80. The van der Waals surface area contributed by atoms with Crippen LogP contribution >= 0.6 is 11.8 Å². The van der Waals surface area contributed by atoms with Gasteiger partial charge in [-0.05, 0) is 56.7 Å². The van der Waals surface area contributed by atoms with Gasteiger partial charge in [0.15, 0.2) is 0 Å². The van der Waals surface area contributed by atoms with Crippen LogP contribution in [0, 0.1) is 6.92 Å². The minimum absolute atomic E-state index is 0.513. The molecule has 0 amide bonds. The molecule has 0 aliphatic carbocycles. The molecule has 2 N–H and O–H groups in total. The molecule has 0 spiro atoms. The molecule has 0 aromatic heterocycles. The van der Waals surface area contributed by atoms with Gasteiger partial charge in [0, 0.05) is 10.9 Å². The largest absolute Gasteiger partial charge is 0.402 e. The summed E-state index contributed by atoms with van der Waals surface area (Å²) >= 11 is 1.83. The van der Waals surface area contributed by atoms with E-state index in [1.807, 2.05) is 31.7 Å². The second-order valence-corrected chi connectivity index (χ2v) is 6.69. The van der Waals surface area contributed by atoms with Gasteiger partial charge in [-0.1, -0.05) is 43.0 Å². The summed E-state index contributed by atoms with van der Waals surface area (Å²) in [6, 6.07) is 8.52. The Bertz CT molecular complexity index is 482. The average Bonchev–Trinajstić information content (AvgIpc) is 2.27. The Hall–Kier alpha value is -1.41. The molecule has 1 atom stereocenters. The number of nitrogens with two attached hydrogens (primary N) is 1. The van der Waals surface area contributed by atoms with Crippen molar-refractivity contribution in [2.75, 3.05) is 0 Å². The predicted molar refractivity (Wildman–Crippen MR) is 94.8 cm³/mol. The molecule has 1 nitrogen and oxygen atoms in total. The van der Waals surface area contributed by atoms with Crippen LogP contribution in [0.25, 0.3) is 0 Å². The summed E-state index contributed by atoms with van der Waals surface area (Å²) in [5.41, 5.74) is 9.88. The zero-order valence-electron chi connectivity index (χ0n) is 13.4. The Labute approximate surface area is 128 Å². The van der Waals surface area contributed by atoms with Crippen molar-refractivity contribution in [1.29, 1.82) is 0 Å². The molecule has 0 bridgehead atoms. The van der Waals surface area contributed by atoms with Gasteiger partial charge >= 0.3 is 0 Å². The minimum Gasteiger partial charge on any atom is -0.402 e. The molecule has 0 aliphatic heterocycles. The third kappa shape index (κ3) is 8.65. The number of thioether (sulfide) groups is 1. The maximum Gasteiger partial charge on any atom is 0.0315 e. The van der Waals surface area contributed by atoms with E-state index in [1.165, 1.54) is 16.0 Å². The zero-order valence-corrected chi connectivity index (χ0v) is 14.2. The second kappa shape index (κ2) is 9.49. The molecule has 0 heterocycles. The quantitative estimate of drug-likeness (QED) is 0.714. The van der Waals surface area contributed by atoms with Crippen molar-refractivity contribution in [1.82, 2.24) is 0 Å². The Morgan fingerprint density at radius 2 is 1.75 bits per heavy atom. The first-order valence-corrected chi connectivity index (χ1v) is 7.59. The lowest BCUT2D eigenvalue weighted by molar-refractivity contribution is 1.08. The summed E-state index contributed by atoms with van der Waals surface area (Å²) in [6.07, 6.45) is 1.83. The number of aryl methyl sites for hydroxylation is 1. The van der Waals surface area contributed by atoms with Gasteiger partial charge in [0.05, 0.1) is 0 Å². The molecule has 1 unspecified atom stereocenters. The van der Waals surface area contributed by atoms with Crippen molar-refractivity contribution in [3.8, 4) is 0 Å². The molecule has 2 heteroatoms. The second-order valence-electron chi connectivity index (χ2n) is 5.05. The van der Waals surface area contributed by atoms with Crippen molar-refractivity contribution in [3.05, 3.63) is 70.8 Å². The van der Waals surface area contributed by atoms with Gasteiger partial charge in [-0.2, -0.15) is 0 Å². The molecular formula is C18H27NS. The van der Waals surface area contributed by atoms with E-state index in [-0.39, 0.29) is 0 Å².